The summed E-state index contributed by atoms with van der Waals surface area (Å²) in [6, 6.07) is -0.762. The zero-order valence-electron chi connectivity index (χ0n) is 41.8. The van der Waals surface area contributed by atoms with Gasteiger partial charge < -0.3 is 20.6 Å². The summed E-state index contributed by atoms with van der Waals surface area (Å²) < 4.78 is 0. The van der Waals surface area contributed by atoms with Crippen LogP contribution in [0.1, 0.15) is 296 Å². The summed E-state index contributed by atoms with van der Waals surface area (Å²) in [6.45, 7) is 4.23. The fourth-order valence-corrected chi connectivity index (χ4v) is 8.65. The molecule has 0 fully saturated rings. The average molecular weight is 873 g/mol. The maximum atomic E-state index is 12.5. The summed E-state index contributed by atoms with van der Waals surface area (Å²) in [5.74, 6) is -0.323. The molecule has 5 heteroatoms. The van der Waals surface area contributed by atoms with Crippen molar-refractivity contribution in [2.24, 2.45) is 0 Å². The minimum Gasteiger partial charge on any atom is -0.394 e. The van der Waals surface area contributed by atoms with Gasteiger partial charge in [0, 0.05) is 0 Å². The van der Waals surface area contributed by atoms with Gasteiger partial charge in [-0.05, 0) is 57.8 Å². The molecule has 0 radical (unpaired) electrons. The van der Waals surface area contributed by atoms with E-state index < -0.39 is 18.2 Å². The third-order valence-corrected chi connectivity index (χ3v) is 12.9. The molecule has 4 N–H and O–H groups in total. The normalized spacial score (nSPS) is 13.6. The first-order valence-electron chi connectivity index (χ1n) is 27.8. The van der Waals surface area contributed by atoms with Crippen molar-refractivity contribution in [3.63, 3.8) is 0 Å². The van der Waals surface area contributed by atoms with Crippen molar-refractivity contribution < 1.29 is 20.1 Å². The van der Waals surface area contributed by atoms with Crippen molar-refractivity contribution >= 4 is 5.91 Å². The standard InChI is InChI=1S/C57H109NO4/c1-3-5-7-9-11-13-15-17-19-21-23-25-27-28-29-30-32-34-36-38-40-42-44-46-48-50-54(60)52-57(62)58-55(53-59)56(61)51-49-47-45-43-41-39-37-35-33-31-26-24-22-20-18-16-14-12-10-8-6-4-2/h28-29,41,43,49,51,54-56,59-61H,3-27,30-40,42,44-48,50,52-53H2,1-2H3,(H,58,62)/b29-28-,43-41+,51-49+. The average Bonchev–Trinajstić information content (AvgIpc) is 3.27. The Bertz CT molecular complexity index is 962. The fraction of sp³-hybridized carbons (Fsp3) is 0.877. The van der Waals surface area contributed by atoms with Crippen molar-refractivity contribution in [2.45, 2.75) is 315 Å². The van der Waals surface area contributed by atoms with Gasteiger partial charge in [0.15, 0.2) is 0 Å². The second kappa shape index (κ2) is 52.2. The first-order valence-corrected chi connectivity index (χ1v) is 27.8. The molecule has 0 aromatic heterocycles. The molecule has 0 saturated carbocycles. The minimum atomic E-state index is -0.953. The van der Waals surface area contributed by atoms with Gasteiger partial charge in [-0.1, -0.05) is 269 Å². The molecule has 0 spiro atoms. The second-order valence-corrected chi connectivity index (χ2v) is 19.2. The van der Waals surface area contributed by atoms with E-state index in [4.69, 9.17) is 0 Å². The molecule has 3 atom stereocenters. The van der Waals surface area contributed by atoms with E-state index in [2.05, 4.69) is 43.5 Å². The number of rotatable bonds is 51. The molecule has 0 aromatic rings. The van der Waals surface area contributed by atoms with Crippen molar-refractivity contribution in [3.8, 4) is 0 Å². The molecule has 0 aliphatic carbocycles. The molecule has 0 aliphatic heterocycles. The number of aliphatic hydroxyl groups excluding tert-OH is 3. The first-order chi connectivity index (χ1) is 30.5. The van der Waals surface area contributed by atoms with Crippen LogP contribution in [-0.4, -0.2) is 46.1 Å². The molecule has 3 unspecified atom stereocenters. The van der Waals surface area contributed by atoms with E-state index in [1.54, 1.807) is 6.08 Å². The second-order valence-electron chi connectivity index (χ2n) is 19.2. The summed E-state index contributed by atoms with van der Waals surface area (Å²) in [6.07, 6.45) is 67.6. The number of amides is 1. The predicted octanol–water partition coefficient (Wildman–Crippen LogP) is 17.1. The van der Waals surface area contributed by atoms with E-state index in [-0.39, 0.29) is 18.9 Å². The van der Waals surface area contributed by atoms with Crippen LogP contribution in [0.5, 0.6) is 0 Å². The molecule has 366 valence electrons. The predicted molar refractivity (Wildman–Crippen MR) is 273 cm³/mol. The Morgan fingerprint density at radius 2 is 0.694 bits per heavy atom. The van der Waals surface area contributed by atoms with E-state index >= 15 is 0 Å². The lowest BCUT2D eigenvalue weighted by Gasteiger charge is -2.21. The molecule has 0 saturated heterocycles. The van der Waals surface area contributed by atoms with E-state index in [1.807, 2.05) is 6.08 Å². The molecule has 0 bridgehead atoms. The summed E-state index contributed by atoms with van der Waals surface area (Å²) in [4.78, 5) is 12.5. The van der Waals surface area contributed by atoms with Gasteiger partial charge >= 0.3 is 0 Å². The number of carbonyl (C=O) groups is 1. The van der Waals surface area contributed by atoms with Crippen LogP contribution >= 0.6 is 0 Å². The van der Waals surface area contributed by atoms with Gasteiger partial charge in [-0.25, -0.2) is 0 Å². The van der Waals surface area contributed by atoms with Gasteiger partial charge in [-0.3, -0.25) is 4.79 Å². The Hall–Kier alpha value is -1.43. The molecule has 0 aliphatic rings. The Morgan fingerprint density at radius 3 is 1.03 bits per heavy atom. The molecule has 0 aromatic carbocycles. The molecule has 1 amide bonds. The van der Waals surface area contributed by atoms with Gasteiger partial charge in [0.2, 0.25) is 5.91 Å². The lowest BCUT2D eigenvalue weighted by molar-refractivity contribution is -0.124. The number of unbranched alkanes of at least 4 members (excludes halogenated alkanes) is 38. The van der Waals surface area contributed by atoms with Gasteiger partial charge in [-0.15, -0.1) is 0 Å². The van der Waals surface area contributed by atoms with E-state index in [9.17, 15) is 20.1 Å². The van der Waals surface area contributed by atoms with Gasteiger partial charge in [0.25, 0.3) is 0 Å². The van der Waals surface area contributed by atoms with Crippen molar-refractivity contribution in [3.05, 3.63) is 36.5 Å². The van der Waals surface area contributed by atoms with Gasteiger partial charge in [0.1, 0.15) is 0 Å². The number of aliphatic hydroxyl groups is 3. The quantitative estimate of drug-likeness (QED) is 0.0362. The highest BCUT2D eigenvalue weighted by Gasteiger charge is 2.20. The molecule has 0 rings (SSSR count). The molecular weight excluding hydrogens is 763 g/mol. The third kappa shape index (κ3) is 48.0. The van der Waals surface area contributed by atoms with Crippen LogP contribution in [0.15, 0.2) is 36.5 Å². The molecular formula is C57H109NO4. The van der Waals surface area contributed by atoms with Crippen molar-refractivity contribution in [1.82, 2.24) is 5.32 Å². The van der Waals surface area contributed by atoms with Crippen LogP contribution in [0.4, 0.5) is 0 Å². The van der Waals surface area contributed by atoms with E-state index in [0.717, 1.165) is 32.1 Å². The summed E-state index contributed by atoms with van der Waals surface area (Å²) >= 11 is 0. The smallest absolute Gasteiger partial charge is 0.222 e. The maximum Gasteiger partial charge on any atom is 0.222 e. The van der Waals surface area contributed by atoms with Crippen LogP contribution in [0.2, 0.25) is 0 Å². The SMILES string of the molecule is CCCCCCCCCCCCCC/C=C\CCCCCCCCCCCC(O)CC(=O)NC(CO)C(O)/C=C/CC/C=C/CCCCCCCCCCCCCCCCCC. The van der Waals surface area contributed by atoms with Gasteiger partial charge in [0.05, 0.1) is 31.3 Å². The Kier molecular flexibility index (Phi) is 51.0. The topological polar surface area (TPSA) is 89.8 Å². The highest BCUT2D eigenvalue weighted by Crippen LogP contribution is 2.17. The summed E-state index contributed by atoms with van der Waals surface area (Å²) in [7, 11) is 0. The van der Waals surface area contributed by atoms with E-state index in [0.29, 0.717) is 6.42 Å². The maximum absolute atomic E-state index is 12.5. The Labute approximate surface area is 387 Å². The molecule has 62 heavy (non-hydrogen) atoms. The summed E-state index contributed by atoms with van der Waals surface area (Å²) in [5.41, 5.74) is 0. The van der Waals surface area contributed by atoms with Crippen LogP contribution in [0, 0.1) is 0 Å². The molecule has 0 heterocycles. The zero-order chi connectivity index (χ0) is 45.1. The van der Waals surface area contributed by atoms with Crippen LogP contribution in [0.25, 0.3) is 0 Å². The van der Waals surface area contributed by atoms with Gasteiger partial charge in [-0.2, -0.15) is 0 Å². The number of hydrogen-bond donors (Lipinski definition) is 4. The van der Waals surface area contributed by atoms with Crippen LogP contribution in [0.3, 0.4) is 0 Å². The largest absolute Gasteiger partial charge is 0.394 e. The molecule has 5 nitrogen and oxygen atoms in total. The first kappa shape index (κ1) is 60.6. The Balaban J connectivity index is 3.61. The van der Waals surface area contributed by atoms with Crippen molar-refractivity contribution in [1.29, 1.82) is 0 Å². The van der Waals surface area contributed by atoms with Crippen LogP contribution < -0.4 is 5.32 Å². The van der Waals surface area contributed by atoms with Crippen LogP contribution in [-0.2, 0) is 4.79 Å². The highest BCUT2D eigenvalue weighted by molar-refractivity contribution is 5.76. The summed E-state index contributed by atoms with van der Waals surface area (Å²) in [5, 5.41) is 33.4. The highest BCUT2D eigenvalue weighted by atomic mass is 16.3. The number of nitrogens with one attached hydrogen (secondary N) is 1. The monoisotopic (exact) mass is 872 g/mol. The minimum absolute atomic E-state index is 0.00567. The zero-order valence-corrected chi connectivity index (χ0v) is 41.8. The Morgan fingerprint density at radius 1 is 0.403 bits per heavy atom. The van der Waals surface area contributed by atoms with E-state index in [1.165, 1.54) is 238 Å². The third-order valence-electron chi connectivity index (χ3n) is 12.9. The lowest BCUT2D eigenvalue weighted by atomic mass is 10.0. The number of carbonyl (C=O) groups excluding carboxylic acids is 1. The van der Waals surface area contributed by atoms with Crippen molar-refractivity contribution in [2.75, 3.05) is 6.61 Å². The lowest BCUT2D eigenvalue weighted by Crippen LogP contribution is -2.45. The number of hydrogen-bond acceptors (Lipinski definition) is 4. The number of allylic oxidation sites excluding steroid dienone is 5. The fourth-order valence-electron chi connectivity index (χ4n) is 8.65.